The molecule has 4 nitrogen and oxygen atoms in total. The monoisotopic (exact) mass is 280 g/mol. The summed E-state index contributed by atoms with van der Waals surface area (Å²) in [6.07, 6.45) is 11.7. The first-order chi connectivity index (χ1) is 9.84. The first-order valence-electron chi connectivity index (χ1n) is 8.11. The van der Waals surface area contributed by atoms with E-state index < -0.39 is 0 Å². The van der Waals surface area contributed by atoms with E-state index in [1.807, 2.05) is 0 Å². The van der Waals surface area contributed by atoms with Gasteiger partial charge < -0.3 is 15.4 Å². The maximum absolute atomic E-state index is 11.6. The Morgan fingerprint density at radius 1 is 1.30 bits per heavy atom. The van der Waals surface area contributed by atoms with Crippen molar-refractivity contribution in [2.45, 2.75) is 57.5 Å². The number of nitrogens with one attached hydrogen (secondary N) is 2. The van der Waals surface area contributed by atoms with Crippen molar-refractivity contribution in [2.75, 3.05) is 26.2 Å². The molecule has 1 aliphatic carbocycles. The second-order valence-corrected chi connectivity index (χ2v) is 5.80. The summed E-state index contributed by atoms with van der Waals surface area (Å²) in [5, 5.41) is 6.31. The highest BCUT2D eigenvalue weighted by Crippen LogP contribution is 2.19. The second kappa shape index (κ2) is 9.14. The standard InChI is InChI=1S/C16H28N2O2/c19-16(18-13-15-7-4-12-20-15)9-11-17-10-8-14-5-2-1-3-6-14/h5,15,17H,1-4,6-13H2,(H,18,19). The molecule has 2 rings (SSSR count). The number of ether oxygens (including phenoxy) is 1. The lowest BCUT2D eigenvalue weighted by Crippen LogP contribution is -2.33. The Kier molecular flexibility index (Phi) is 7.09. The molecular weight excluding hydrogens is 252 g/mol. The molecule has 0 aromatic rings. The number of rotatable bonds is 8. The molecule has 0 radical (unpaired) electrons. The molecule has 1 unspecified atom stereocenters. The zero-order chi connectivity index (χ0) is 14.0. The zero-order valence-electron chi connectivity index (χ0n) is 12.5. The van der Waals surface area contributed by atoms with Crippen LogP contribution in [0.3, 0.4) is 0 Å². The van der Waals surface area contributed by atoms with Gasteiger partial charge in [0.1, 0.15) is 0 Å². The van der Waals surface area contributed by atoms with Crippen LogP contribution >= 0.6 is 0 Å². The van der Waals surface area contributed by atoms with Crippen molar-refractivity contribution in [2.24, 2.45) is 0 Å². The molecule has 0 bridgehead atoms. The van der Waals surface area contributed by atoms with Gasteiger partial charge in [-0.05, 0) is 51.5 Å². The van der Waals surface area contributed by atoms with Crippen molar-refractivity contribution < 1.29 is 9.53 Å². The van der Waals surface area contributed by atoms with Crippen molar-refractivity contribution in [1.29, 1.82) is 0 Å². The number of allylic oxidation sites excluding steroid dienone is 1. The summed E-state index contributed by atoms with van der Waals surface area (Å²) in [5.74, 6) is 0.130. The second-order valence-electron chi connectivity index (χ2n) is 5.80. The highest BCUT2D eigenvalue weighted by molar-refractivity contribution is 5.76. The van der Waals surface area contributed by atoms with Gasteiger partial charge in [0.2, 0.25) is 5.91 Å². The average Bonchev–Trinajstić information content (AvgIpc) is 2.99. The van der Waals surface area contributed by atoms with Gasteiger partial charge in [-0.3, -0.25) is 4.79 Å². The minimum absolute atomic E-state index is 0.130. The van der Waals surface area contributed by atoms with Crippen LogP contribution in [0.4, 0.5) is 0 Å². The van der Waals surface area contributed by atoms with Crippen LogP contribution < -0.4 is 10.6 Å². The Morgan fingerprint density at radius 2 is 2.25 bits per heavy atom. The smallest absolute Gasteiger partial charge is 0.221 e. The summed E-state index contributed by atoms with van der Waals surface area (Å²) in [6, 6.07) is 0. The third-order valence-electron chi connectivity index (χ3n) is 4.09. The summed E-state index contributed by atoms with van der Waals surface area (Å²) < 4.78 is 5.48. The Hall–Kier alpha value is -0.870. The molecule has 1 heterocycles. The van der Waals surface area contributed by atoms with Crippen molar-refractivity contribution >= 4 is 5.91 Å². The summed E-state index contributed by atoms with van der Waals surface area (Å²) in [6.45, 7) is 3.28. The fourth-order valence-corrected chi connectivity index (χ4v) is 2.83. The predicted molar refractivity (Wildman–Crippen MR) is 80.6 cm³/mol. The van der Waals surface area contributed by atoms with Gasteiger partial charge in [-0.15, -0.1) is 0 Å². The van der Waals surface area contributed by atoms with Gasteiger partial charge in [0.05, 0.1) is 6.10 Å². The summed E-state index contributed by atoms with van der Waals surface area (Å²) in [7, 11) is 0. The van der Waals surface area contributed by atoms with Gasteiger partial charge in [-0.25, -0.2) is 0 Å². The Balaban J connectivity index is 1.43. The van der Waals surface area contributed by atoms with Crippen LogP contribution in [0, 0.1) is 0 Å². The van der Waals surface area contributed by atoms with Gasteiger partial charge in [0, 0.05) is 26.1 Å². The van der Waals surface area contributed by atoms with Gasteiger partial charge >= 0.3 is 0 Å². The molecular formula is C16H28N2O2. The molecule has 20 heavy (non-hydrogen) atoms. The van der Waals surface area contributed by atoms with E-state index in [0.29, 0.717) is 13.0 Å². The number of hydrogen-bond acceptors (Lipinski definition) is 3. The van der Waals surface area contributed by atoms with Gasteiger partial charge in [-0.1, -0.05) is 11.6 Å². The molecule has 1 fully saturated rings. The lowest BCUT2D eigenvalue weighted by atomic mass is 9.97. The highest BCUT2D eigenvalue weighted by Gasteiger charge is 2.15. The van der Waals surface area contributed by atoms with Crippen LogP contribution in [-0.4, -0.2) is 38.3 Å². The topological polar surface area (TPSA) is 50.4 Å². The fourth-order valence-electron chi connectivity index (χ4n) is 2.83. The van der Waals surface area contributed by atoms with Crippen molar-refractivity contribution in [3.05, 3.63) is 11.6 Å². The molecule has 2 aliphatic rings. The molecule has 0 aromatic carbocycles. The molecule has 2 N–H and O–H groups in total. The van der Waals surface area contributed by atoms with E-state index in [9.17, 15) is 4.79 Å². The highest BCUT2D eigenvalue weighted by atomic mass is 16.5. The molecule has 1 atom stereocenters. The number of carbonyl (C=O) groups is 1. The zero-order valence-corrected chi connectivity index (χ0v) is 12.5. The van der Waals surface area contributed by atoms with E-state index in [2.05, 4.69) is 16.7 Å². The fraction of sp³-hybridized carbons (Fsp3) is 0.812. The molecule has 114 valence electrons. The van der Waals surface area contributed by atoms with Crippen LogP contribution in [0.25, 0.3) is 0 Å². The molecule has 4 heteroatoms. The SMILES string of the molecule is O=C(CCNCCC1=CCCCC1)NCC1CCCO1. The normalized spacial score (nSPS) is 22.6. The molecule has 1 aliphatic heterocycles. The minimum atomic E-state index is 0.130. The maximum Gasteiger partial charge on any atom is 0.221 e. The largest absolute Gasteiger partial charge is 0.376 e. The molecule has 0 saturated carbocycles. The minimum Gasteiger partial charge on any atom is -0.376 e. The summed E-state index contributed by atoms with van der Waals surface area (Å²) in [4.78, 5) is 11.6. The van der Waals surface area contributed by atoms with Crippen molar-refractivity contribution in [1.82, 2.24) is 10.6 Å². The summed E-state index contributed by atoms with van der Waals surface area (Å²) in [5.41, 5.74) is 1.59. The third kappa shape index (κ3) is 6.06. The number of amides is 1. The van der Waals surface area contributed by atoms with Crippen molar-refractivity contribution in [3.8, 4) is 0 Å². The lowest BCUT2D eigenvalue weighted by molar-refractivity contribution is -0.121. The van der Waals surface area contributed by atoms with E-state index in [1.54, 1.807) is 5.57 Å². The maximum atomic E-state index is 11.6. The van der Waals surface area contributed by atoms with Gasteiger partial charge in [0.15, 0.2) is 0 Å². The van der Waals surface area contributed by atoms with E-state index in [0.717, 1.165) is 39.0 Å². The van der Waals surface area contributed by atoms with Crippen LogP contribution in [0.2, 0.25) is 0 Å². The number of hydrogen-bond donors (Lipinski definition) is 2. The Morgan fingerprint density at radius 3 is 3.00 bits per heavy atom. The van der Waals surface area contributed by atoms with Crippen LogP contribution in [0.5, 0.6) is 0 Å². The van der Waals surface area contributed by atoms with E-state index >= 15 is 0 Å². The first kappa shape index (κ1) is 15.5. The molecule has 1 saturated heterocycles. The van der Waals surface area contributed by atoms with Crippen molar-refractivity contribution in [3.63, 3.8) is 0 Å². The predicted octanol–water partition coefficient (Wildman–Crippen LogP) is 2.15. The Bertz CT molecular complexity index is 322. The molecule has 0 spiro atoms. The Labute approximate surface area is 122 Å². The lowest BCUT2D eigenvalue weighted by Gasteiger charge is -2.13. The van der Waals surface area contributed by atoms with E-state index in [-0.39, 0.29) is 12.0 Å². The third-order valence-corrected chi connectivity index (χ3v) is 4.09. The van der Waals surface area contributed by atoms with Gasteiger partial charge in [-0.2, -0.15) is 0 Å². The molecule has 0 aromatic heterocycles. The van der Waals surface area contributed by atoms with E-state index in [4.69, 9.17) is 4.74 Å². The summed E-state index contributed by atoms with van der Waals surface area (Å²) >= 11 is 0. The average molecular weight is 280 g/mol. The van der Waals surface area contributed by atoms with Crippen LogP contribution in [0.15, 0.2) is 11.6 Å². The molecule has 1 amide bonds. The quantitative estimate of drug-likeness (QED) is 0.529. The van der Waals surface area contributed by atoms with E-state index in [1.165, 1.54) is 25.7 Å². The van der Waals surface area contributed by atoms with Gasteiger partial charge in [0.25, 0.3) is 0 Å². The number of carbonyl (C=O) groups excluding carboxylic acids is 1. The van der Waals surface area contributed by atoms with Crippen LogP contribution in [0.1, 0.15) is 51.4 Å². The first-order valence-corrected chi connectivity index (χ1v) is 8.11. The van der Waals surface area contributed by atoms with Crippen LogP contribution in [-0.2, 0) is 9.53 Å².